The molecule has 2 amide bonds. The second-order valence-corrected chi connectivity index (χ2v) is 7.26. The minimum Gasteiger partial charge on any atom is -0.451 e. The largest absolute Gasteiger partial charge is 0.451 e. The van der Waals surface area contributed by atoms with E-state index in [4.69, 9.17) is 4.74 Å². The van der Waals surface area contributed by atoms with E-state index in [0.717, 1.165) is 11.0 Å². The van der Waals surface area contributed by atoms with Gasteiger partial charge >= 0.3 is 5.97 Å². The average molecular weight is 444 g/mol. The Morgan fingerprint density at radius 1 is 0.879 bits per heavy atom. The zero-order valence-corrected chi connectivity index (χ0v) is 17.3. The number of imide groups is 1. The Kier molecular flexibility index (Phi) is 5.53. The lowest BCUT2D eigenvalue weighted by molar-refractivity contribution is -0.384. The number of fused-ring (bicyclic) bond motifs is 1. The van der Waals surface area contributed by atoms with E-state index < -0.39 is 28.8 Å². The molecule has 1 aliphatic heterocycles. The SMILES string of the molecule is CC(OC(=O)c1ccc2c(c1)C(=O)N(c1cccc([N+](=O)[O-])c1)C2=O)C(=O)c1ccccc1. The molecule has 0 aliphatic carbocycles. The summed E-state index contributed by atoms with van der Waals surface area (Å²) in [5, 5.41) is 11.0. The van der Waals surface area contributed by atoms with Crippen molar-refractivity contribution in [2.75, 3.05) is 4.90 Å². The van der Waals surface area contributed by atoms with Crippen LogP contribution in [0.3, 0.4) is 0 Å². The molecule has 0 N–H and O–H groups in total. The van der Waals surface area contributed by atoms with Gasteiger partial charge < -0.3 is 4.74 Å². The topological polar surface area (TPSA) is 124 Å². The first-order chi connectivity index (χ1) is 15.8. The van der Waals surface area contributed by atoms with Crippen LogP contribution in [-0.2, 0) is 4.74 Å². The van der Waals surface area contributed by atoms with Gasteiger partial charge in [0, 0.05) is 17.7 Å². The standard InChI is InChI=1S/C24H16N2O7/c1-14(21(27)15-6-3-2-4-7-15)33-24(30)16-10-11-19-20(12-16)23(29)25(22(19)28)17-8-5-9-18(13-17)26(31)32/h2-14H,1H3. The summed E-state index contributed by atoms with van der Waals surface area (Å²) in [5.41, 5.74) is 0.162. The smallest absolute Gasteiger partial charge is 0.338 e. The number of nitro groups is 1. The lowest BCUT2D eigenvalue weighted by atomic mass is 10.1. The highest BCUT2D eigenvalue weighted by Crippen LogP contribution is 2.31. The van der Waals surface area contributed by atoms with E-state index in [9.17, 15) is 29.3 Å². The number of nitro benzene ring substituents is 1. The summed E-state index contributed by atoms with van der Waals surface area (Å²) in [7, 11) is 0. The van der Waals surface area contributed by atoms with Gasteiger partial charge in [-0.1, -0.05) is 36.4 Å². The molecule has 1 atom stereocenters. The van der Waals surface area contributed by atoms with E-state index in [2.05, 4.69) is 0 Å². The molecule has 3 aromatic rings. The summed E-state index contributed by atoms with van der Waals surface area (Å²) in [6.45, 7) is 1.44. The second kappa shape index (κ2) is 8.46. The van der Waals surface area contributed by atoms with Crippen LogP contribution in [0.5, 0.6) is 0 Å². The Labute approximate surface area is 187 Å². The van der Waals surface area contributed by atoms with E-state index in [1.54, 1.807) is 30.3 Å². The van der Waals surface area contributed by atoms with Gasteiger partial charge in [0.05, 0.1) is 27.3 Å². The Hall–Kier alpha value is -4.66. The summed E-state index contributed by atoms with van der Waals surface area (Å²) in [6.07, 6.45) is -1.06. The number of hydrogen-bond donors (Lipinski definition) is 0. The van der Waals surface area contributed by atoms with Gasteiger partial charge in [0.2, 0.25) is 5.78 Å². The van der Waals surface area contributed by atoms with Crippen LogP contribution in [0, 0.1) is 10.1 Å². The highest BCUT2D eigenvalue weighted by atomic mass is 16.6. The minimum atomic E-state index is -1.06. The van der Waals surface area contributed by atoms with E-state index in [0.29, 0.717) is 5.56 Å². The molecule has 1 unspecified atom stereocenters. The summed E-state index contributed by atoms with van der Waals surface area (Å²) >= 11 is 0. The molecular weight excluding hydrogens is 428 g/mol. The molecule has 33 heavy (non-hydrogen) atoms. The minimum absolute atomic E-state index is 0.0106. The molecule has 9 heteroatoms. The molecule has 3 aromatic carbocycles. The maximum absolute atomic E-state index is 12.9. The number of carbonyl (C=O) groups is 4. The fraction of sp³-hybridized carbons (Fsp3) is 0.0833. The molecular formula is C24H16N2O7. The molecule has 4 rings (SSSR count). The number of nitrogens with zero attached hydrogens (tertiary/aromatic N) is 2. The van der Waals surface area contributed by atoms with Crippen molar-refractivity contribution in [2.45, 2.75) is 13.0 Å². The molecule has 0 spiro atoms. The van der Waals surface area contributed by atoms with Crippen LogP contribution < -0.4 is 4.90 Å². The van der Waals surface area contributed by atoms with Gasteiger partial charge in [0.1, 0.15) is 0 Å². The molecule has 0 bridgehead atoms. The zero-order valence-electron chi connectivity index (χ0n) is 17.3. The normalized spacial score (nSPS) is 13.4. The number of esters is 1. The van der Waals surface area contributed by atoms with Crippen molar-refractivity contribution >= 4 is 34.9 Å². The third-order valence-electron chi connectivity index (χ3n) is 5.13. The number of ketones is 1. The molecule has 0 aromatic heterocycles. The average Bonchev–Trinajstić information content (AvgIpc) is 3.08. The van der Waals surface area contributed by atoms with Crippen molar-refractivity contribution in [2.24, 2.45) is 0 Å². The molecule has 0 saturated carbocycles. The van der Waals surface area contributed by atoms with Gasteiger partial charge in [0.25, 0.3) is 17.5 Å². The van der Waals surface area contributed by atoms with Crippen LogP contribution in [0.2, 0.25) is 0 Å². The van der Waals surface area contributed by atoms with Crippen LogP contribution in [0.25, 0.3) is 0 Å². The van der Waals surface area contributed by atoms with Crippen molar-refractivity contribution in [1.82, 2.24) is 0 Å². The van der Waals surface area contributed by atoms with Crippen LogP contribution in [-0.4, -0.2) is 34.6 Å². The number of carbonyl (C=O) groups excluding carboxylic acids is 4. The number of hydrogen-bond acceptors (Lipinski definition) is 7. The van der Waals surface area contributed by atoms with Crippen molar-refractivity contribution in [3.8, 4) is 0 Å². The van der Waals surface area contributed by atoms with E-state index in [-0.39, 0.29) is 33.8 Å². The first-order valence-electron chi connectivity index (χ1n) is 9.85. The van der Waals surface area contributed by atoms with E-state index in [1.165, 1.54) is 43.3 Å². The lowest BCUT2D eigenvalue weighted by Gasteiger charge is -2.13. The van der Waals surface area contributed by atoms with Crippen molar-refractivity contribution in [3.05, 3.63) is 105 Å². The first kappa shape index (κ1) is 21.6. The number of Topliss-reactive ketones (excluding diaryl/α,β-unsaturated/α-hetero) is 1. The predicted molar refractivity (Wildman–Crippen MR) is 116 cm³/mol. The van der Waals surface area contributed by atoms with Crippen LogP contribution >= 0.6 is 0 Å². The Balaban J connectivity index is 1.56. The Morgan fingerprint density at radius 2 is 1.58 bits per heavy atom. The van der Waals surface area contributed by atoms with Gasteiger partial charge in [-0.3, -0.25) is 24.5 Å². The maximum atomic E-state index is 12.9. The molecule has 164 valence electrons. The van der Waals surface area contributed by atoms with E-state index >= 15 is 0 Å². The Morgan fingerprint density at radius 3 is 2.27 bits per heavy atom. The Bertz CT molecular complexity index is 1320. The van der Waals surface area contributed by atoms with Crippen LogP contribution in [0.4, 0.5) is 11.4 Å². The van der Waals surface area contributed by atoms with E-state index in [1.807, 2.05) is 0 Å². The third-order valence-corrected chi connectivity index (χ3v) is 5.13. The number of amides is 2. The van der Waals surface area contributed by atoms with Gasteiger partial charge in [-0.2, -0.15) is 0 Å². The number of anilines is 1. The molecule has 0 fully saturated rings. The zero-order chi connectivity index (χ0) is 23.7. The monoisotopic (exact) mass is 444 g/mol. The number of ether oxygens (including phenoxy) is 1. The van der Waals surface area contributed by atoms with Gasteiger partial charge in [0.15, 0.2) is 6.10 Å². The fourth-order valence-electron chi connectivity index (χ4n) is 3.47. The molecule has 1 heterocycles. The van der Waals surface area contributed by atoms with Crippen LogP contribution in [0.15, 0.2) is 72.8 Å². The van der Waals surface area contributed by atoms with Crippen molar-refractivity contribution < 1.29 is 28.8 Å². The summed E-state index contributed by atoms with van der Waals surface area (Å²) in [5.74, 6) is -2.60. The number of rotatable bonds is 6. The molecule has 0 radical (unpaired) electrons. The molecule has 1 aliphatic rings. The lowest BCUT2D eigenvalue weighted by Crippen LogP contribution is -2.29. The molecule has 0 saturated heterocycles. The van der Waals surface area contributed by atoms with Crippen LogP contribution in [0.1, 0.15) is 48.4 Å². The highest BCUT2D eigenvalue weighted by Gasteiger charge is 2.38. The van der Waals surface area contributed by atoms with Crippen molar-refractivity contribution in [3.63, 3.8) is 0 Å². The second-order valence-electron chi connectivity index (χ2n) is 7.26. The number of benzene rings is 3. The van der Waals surface area contributed by atoms with Gasteiger partial charge in [-0.05, 0) is 31.2 Å². The summed E-state index contributed by atoms with van der Waals surface area (Å²) < 4.78 is 5.25. The molecule has 9 nitrogen and oxygen atoms in total. The third kappa shape index (κ3) is 3.99. The van der Waals surface area contributed by atoms with Gasteiger partial charge in [-0.15, -0.1) is 0 Å². The summed E-state index contributed by atoms with van der Waals surface area (Å²) in [6, 6.07) is 17.3. The first-order valence-corrected chi connectivity index (χ1v) is 9.85. The maximum Gasteiger partial charge on any atom is 0.338 e. The van der Waals surface area contributed by atoms with Gasteiger partial charge in [-0.25, -0.2) is 9.69 Å². The summed E-state index contributed by atoms with van der Waals surface area (Å²) in [4.78, 5) is 61.9. The van der Waals surface area contributed by atoms with Crippen molar-refractivity contribution in [1.29, 1.82) is 0 Å². The predicted octanol–water partition coefficient (Wildman–Crippen LogP) is 3.82. The number of non-ortho nitro benzene ring substituents is 1. The fourth-order valence-corrected chi connectivity index (χ4v) is 3.47. The highest BCUT2D eigenvalue weighted by molar-refractivity contribution is 6.34. The quantitative estimate of drug-likeness (QED) is 0.186.